The summed E-state index contributed by atoms with van der Waals surface area (Å²) in [6.07, 6.45) is 0.480. The van der Waals surface area contributed by atoms with E-state index in [9.17, 15) is 4.79 Å². The SMILES string of the molecule is CCC(=O)c1cccc(S)c1OC. The molecule has 0 aromatic heterocycles. The third-order valence-electron chi connectivity index (χ3n) is 1.82. The van der Waals surface area contributed by atoms with Crippen LogP contribution in [0.4, 0.5) is 0 Å². The summed E-state index contributed by atoms with van der Waals surface area (Å²) in [7, 11) is 1.54. The molecule has 0 spiro atoms. The molecule has 1 aromatic rings. The van der Waals surface area contributed by atoms with Gasteiger partial charge < -0.3 is 4.74 Å². The molecule has 0 unspecified atom stereocenters. The minimum atomic E-state index is 0.0766. The lowest BCUT2D eigenvalue weighted by molar-refractivity contribution is 0.0985. The van der Waals surface area contributed by atoms with Crippen molar-refractivity contribution in [2.45, 2.75) is 18.2 Å². The van der Waals surface area contributed by atoms with E-state index in [0.717, 1.165) is 0 Å². The molecule has 3 heteroatoms. The van der Waals surface area contributed by atoms with Gasteiger partial charge in [-0.2, -0.15) is 0 Å². The van der Waals surface area contributed by atoms with Crippen molar-refractivity contribution in [3.05, 3.63) is 23.8 Å². The Morgan fingerprint density at radius 2 is 2.23 bits per heavy atom. The predicted octanol–water partition coefficient (Wildman–Crippen LogP) is 2.58. The highest BCUT2D eigenvalue weighted by atomic mass is 32.1. The lowest BCUT2D eigenvalue weighted by Gasteiger charge is -2.08. The molecule has 1 rings (SSSR count). The zero-order chi connectivity index (χ0) is 9.84. The van der Waals surface area contributed by atoms with E-state index in [0.29, 0.717) is 22.6 Å². The average molecular weight is 196 g/mol. The lowest BCUT2D eigenvalue weighted by atomic mass is 10.1. The fourth-order valence-electron chi connectivity index (χ4n) is 1.15. The summed E-state index contributed by atoms with van der Waals surface area (Å²) in [5.74, 6) is 0.644. The quantitative estimate of drug-likeness (QED) is 0.594. The molecule has 0 fully saturated rings. The topological polar surface area (TPSA) is 26.3 Å². The molecule has 0 N–H and O–H groups in total. The third kappa shape index (κ3) is 2.04. The molecule has 2 nitrogen and oxygen atoms in total. The number of methoxy groups -OCH3 is 1. The molecular weight excluding hydrogens is 184 g/mol. The Morgan fingerprint density at radius 3 is 2.77 bits per heavy atom. The van der Waals surface area contributed by atoms with E-state index in [4.69, 9.17) is 4.74 Å². The summed E-state index contributed by atoms with van der Waals surface area (Å²) >= 11 is 4.20. The Morgan fingerprint density at radius 1 is 1.54 bits per heavy atom. The first-order valence-electron chi connectivity index (χ1n) is 4.09. The normalized spacial score (nSPS) is 9.77. The van der Waals surface area contributed by atoms with Gasteiger partial charge in [-0.05, 0) is 12.1 Å². The van der Waals surface area contributed by atoms with Crippen LogP contribution in [0.3, 0.4) is 0 Å². The number of hydrogen-bond acceptors (Lipinski definition) is 3. The number of carbonyl (C=O) groups excluding carboxylic acids is 1. The minimum Gasteiger partial charge on any atom is -0.495 e. The highest BCUT2D eigenvalue weighted by molar-refractivity contribution is 7.80. The van der Waals surface area contributed by atoms with E-state index in [1.807, 2.05) is 6.92 Å². The molecule has 0 aliphatic heterocycles. The first-order valence-corrected chi connectivity index (χ1v) is 4.54. The fraction of sp³-hybridized carbons (Fsp3) is 0.300. The summed E-state index contributed by atoms with van der Waals surface area (Å²) in [6.45, 7) is 1.83. The van der Waals surface area contributed by atoms with Crippen LogP contribution in [0.1, 0.15) is 23.7 Å². The summed E-state index contributed by atoms with van der Waals surface area (Å²) in [4.78, 5) is 12.1. The Hall–Kier alpha value is -0.960. The molecule has 70 valence electrons. The van der Waals surface area contributed by atoms with E-state index < -0.39 is 0 Å². The molecule has 0 radical (unpaired) electrons. The van der Waals surface area contributed by atoms with E-state index in [-0.39, 0.29) is 5.78 Å². The number of Topliss-reactive ketones (excluding diaryl/α,β-unsaturated/α-hetero) is 1. The molecule has 0 aliphatic carbocycles. The van der Waals surface area contributed by atoms with Crippen molar-refractivity contribution in [2.24, 2.45) is 0 Å². The van der Waals surface area contributed by atoms with Crippen molar-refractivity contribution in [2.75, 3.05) is 7.11 Å². The van der Waals surface area contributed by atoms with Gasteiger partial charge in [0.05, 0.1) is 12.7 Å². The van der Waals surface area contributed by atoms with E-state index in [2.05, 4.69) is 12.6 Å². The molecule has 0 amide bonds. The van der Waals surface area contributed by atoms with Crippen LogP contribution in [-0.4, -0.2) is 12.9 Å². The number of para-hydroxylation sites is 1. The standard InChI is InChI=1S/C10H12O2S/c1-3-8(11)7-5-4-6-9(13)10(7)12-2/h4-6,13H,3H2,1-2H3. The molecule has 1 aromatic carbocycles. The van der Waals surface area contributed by atoms with Gasteiger partial charge in [-0.15, -0.1) is 12.6 Å². The van der Waals surface area contributed by atoms with Crippen molar-refractivity contribution < 1.29 is 9.53 Å². The van der Waals surface area contributed by atoms with Crippen LogP contribution in [0.2, 0.25) is 0 Å². The molecule has 0 saturated heterocycles. The maximum absolute atomic E-state index is 11.4. The van der Waals surface area contributed by atoms with Crippen molar-refractivity contribution in [3.63, 3.8) is 0 Å². The van der Waals surface area contributed by atoms with Crippen molar-refractivity contribution in [1.82, 2.24) is 0 Å². The van der Waals surface area contributed by atoms with Gasteiger partial charge in [0.25, 0.3) is 0 Å². The van der Waals surface area contributed by atoms with Crippen molar-refractivity contribution >= 4 is 18.4 Å². The zero-order valence-corrected chi connectivity index (χ0v) is 8.60. The van der Waals surface area contributed by atoms with Gasteiger partial charge in [0, 0.05) is 11.3 Å². The monoisotopic (exact) mass is 196 g/mol. The Kier molecular flexibility index (Phi) is 3.37. The van der Waals surface area contributed by atoms with Gasteiger partial charge in [0.2, 0.25) is 0 Å². The first kappa shape index (κ1) is 10.1. The van der Waals surface area contributed by atoms with Gasteiger partial charge >= 0.3 is 0 Å². The molecule has 13 heavy (non-hydrogen) atoms. The molecule has 0 bridgehead atoms. The highest BCUT2D eigenvalue weighted by Gasteiger charge is 2.11. The maximum atomic E-state index is 11.4. The van der Waals surface area contributed by atoms with Crippen LogP contribution in [0.15, 0.2) is 23.1 Å². The van der Waals surface area contributed by atoms with Crippen LogP contribution in [0, 0.1) is 0 Å². The number of carbonyl (C=O) groups is 1. The highest BCUT2D eigenvalue weighted by Crippen LogP contribution is 2.27. The van der Waals surface area contributed by atoms with Gasteiger partial charge in [-0.3, -0.25) is 4.79 Å². The van der Waals surface area contributed by atoms with Crippen LogP contribution in [0.5, 0.6) is 5.75 Å². The number of ether oxygens (including phenoxy) is 1. The van der Waals surface area contributed by atoms with E-state index >= 15 is 0 Å². The zero-order valence-electron chi connectivity index (χ0n) is 7.70. The van der Waals surface area contributed by atoms with Gasteiger partial charge in [-0.25, -0.2) is 0 Å². The second-order valence-electron chi connectivity index (χ2n) is 2.63. The van der Waals surface area contributed by atoms with Crippen molar-refractivity contribution in [3.8, 4) is 5.75 Å². The number of thiol groups is 1. The summed E-state index contributed by atoms with van der Waals surface area (Å²) in [6, 6.07) is 5.35. The summed E-state index contributed by atoms with van der Waals surface area (Å²) in [5, 5.41) is 0. The Balaban J connectivity index is 3.20. The Bertz CT molecular complexity index is 321. The molecule has 0 heterocycles. The Labute approximate surface area is 83.3 Å². The predicted molar refractivity (Wildman–Crippen MR) is 54.9 cm³/mol. The molecule has 0 saturated carbocycles. The minimum absolute atomic E-state index is 0.0766. The second kappa shape index (κ2) is 4.33. The van der Waals surface area contributed by atoms with Gasteiger partial charge in [-0.1, -0.05) is 13.0 Å². The third-order valence-corrected chi connectivity index (χ3v) is 2.17. The van der Waals surface area contributed by atoms with Crippen LogP contribution >= 0.6 is 12.6 Å². The van der Waals surface area contributed by atoms with Crippen LogP contribution in [-0.2, 0) is 0 Å². The summed E-state index contributed by atoms with van der Waals surface area (Å²) < 4.78 is 5.10. The van der Waals surface area contributed by atoms with E-state index in [1.165, 1.54) is 0 Å². The largest absolute Gasteiger partial charge is 0.495 e. The van der Waals surface area contributed by atoms with Crippen LogP contribution in [0.25, 0.3) is 0 Å². The lowest BCUT2D eigenvalue weighted by Crippen LogP contribution is -2.00. The number of benzene rings is 1. The first-order chi connectivity index (χ1) is 6.20. The second-order valence-corrected chi connectivity index (χ2v) is 3.12. The van der Waals surface area contributed by atoms with Crippen LogP contribution < -0.4 is 4.74 Å². The number of rotatable bonds is 3. The molecule has 0 aliphatic rings. The average Bonchev–Trinajstić information content (AvgIpc) is 2.16. The fourth-order valence-corrected chi connectivity index (χ4v) is 1.45. The smallest absolute Gasteiger partial charge is 0.166 e. The number of ketones is 1. The molecular formula is C10H12O2S. The van der Waals surface area contributed by atoms with E-state index in [1.54, 1.807) is 25.3 Å². The van der Waals surface area contributed by atoms with Gasteiger partial charge in [0.1, 0.15) is 5.75 Å². The summed E-state index contributed by atoms with van der Waals surface area (Å²) in [5.41, 5.74) is 0.609. The number of hydrogen-bond donors (Lipinski definition) is 1. The molecule has 0 atom stereocenters. The van der Waals surface area contributed by atoms with Crippen molar-refractivity contribution in [1.29, 1.82) is 0 Å². The maximum Gasteiger partial charge on any atom is 0.166 e. The van der Waals surface area contributed by atoms with Gasteiger partial charge in [0.15, 0.2) is 5.78 Å².